The first-order valence-corrected chi connectivity index (χ1v) is 11.7. The molecule has 0 spiro atoms. The van der Waals surface area contributed by atoms with E-state index in [1.807, 2.05) is 36.3 Å². The molecule has 8 nitrogen and oxygen atoms in total. The second-order valence-electron chi connectivity index (χ2n) is 8.10. The summed E-state index contributed by atoms with van der Waals surface area (Å²) in [4.78, 5) is 39.5. The molecule has 3 heterocycles. The number of rotatable bonds is 8. The molecule has 4 rings (SSSR count). The van der Waals surface area contributed by atoms with Crippen molar-refractivity contribution in [2.45, 2.75) is 33.2 Å². The third-order valence-corrected chi connectivity index (χ3v) is 6.82. The maximum atomic E-state index is 12.8. The highest BCUT2D eigenvalue weighted by Crippen LogP contribution is 2.32. The number of nitrogens with zero attached hydrogens (tertiary/aromatic N) is 3. The van der Waals surface area contributed by atoms with E-state index in [-0.39, 0.29) is 17.0 Å². The summed E-state index contributed by atoms with van der Waals surface area (Å²) in [6.07, 6.45) is 1.97. The van der Waals surface area contributed by atoms with Gasteiger partial charge in [-0.05, 0) is 56.3 Å². The normalized spacial score (nSPS) is 13.3. The molecule has 172 valence electrons. The molecule has 3 aromatic rings. The van der Waals surface area contributed by atoms with E-state index in [0.717, 1.165) is 37.3 Å². The number of hydrogen-bond donors (Lipinski definition) is 0. The SMILES string of the molecule is Cc1cc(C(=O)COC(=O)c2ccc(N3CCCC3)c([N+](=O)[O-])c2)c(C)n1Cc1cccs1. The lowest BCUT2D eigenvalue weighted by Gasteiger charge is -2.17. The van der Waals surface area contributed by atoms with Crippen molar-refractivity contribution in [3.05, 3.63) is 79.3 Å². The molecule has 1 aliphatic rings. The van der Waals surface area contributed by atoms with Crippen molar-refractivity contribution in [3.8, 4) is 0 Å². The fourth-order valence-corrected chi connectivity index (χ4v) is 4.89. The highest BCUT2D eigenvalue weighted by Gasteiger charge is 2.25. The second kappa shape index (κ2) is 9.58. The highest BCUT2D eigenvalue weighted by molar-refractivity contribution is 7.09. The van der Waals surface area contributed by atoms with Gasteiger partial charge in [0.15, 0.2) is 6.61 Å². The Labute approximate surface area is 195 Å². The lowest BCUT2D eigenvalue weighted by Crippen LogP contribution is -2.19. The molecule has 1 aliphatic heterocycles. The molecule has 0 radical (unpaired) electrons. The highest BCUT2D eigenvalue weighted by atomic mass is 32.1. The van der Waals surface area contributed by atoms with E-state index in [1.165, 1.54) is 17.0 Å². The predicted octanol–water partition coefficient (Wildman–Crippen LogP) is 4.76. The van der Waals surface area contributed by atoms with Gasteiger partial charge in [0.05, 0.1) is 17.0 Å². The summed E-state index contributed by atoms with van der Waals surface area (Å²) < 4.78 is 7.28. The number of thiophene rings is 1. The molecule has 0 aliphatic carbocycles. The molecule has 2 aromatic heterocycles. The Bertz CT molecular complexity index is 1190. The number of hydrogen-bond acceptors (Lipinski definition) is 7. The van der Waals surface area contributed by atoms with Gasteiger partial charge in [0.1, 0.15) is 5.69 Å². The van der Waals surface area contributed by atoms with Crippen molar-refractivity contribution in [2.24, 2.45) is 0 Å². The molecular weight excluding hydrogens is 442 g/mol. The summed E-state index contributed by atoms with van der Waals surface area (Å²) in [5.41, 5.74) is 2.70. The number of nitro benzene ring substituents is 1. The van der Waals surface area contributed by atoms with Crippen LogP contribution in [0.15, 0.2) is 41.8 Å². The molecule has 1 saturated heterocycles. The van der Waals surface area contributed by atoms with E-state index in [2.05, 4.69) is 4.57 Å². The Kier molecular flexibility index (Phi) is 6.60. The van der Waals surface area contributed by atoms with E-state index in [0.29, 0.717) is 17.8 Å². The molecule has 9 heteroatoms. The van der Waals surface area contributed by atoms with E-state index < -0.39 is 17.5 Å². The average molecular weight is 468 g/mol. The molecule has 33 heavy (non-hydrogen) atoms. The zero-order valence-corrected chi connectivity index (χ0v) is 19.4. The van der Waals surface area contributed by atoms with Crippen molar-refractivity contribution in [3.63, 3.8) is 0 Å². The van der Waals surface area contributed by atoms with Crippen molar-refractivity contribution in [2.75, 3.05) is 24.6 Å². The number of carbonyl (C=O) groups excluding carboxylic acids is 2. The van der Waals surface area contributed by atoms with Gasteiger partial charge in [0.25, 0.3) is 5.69 Å². The van der Waals surface area contributed by atoms with E-state index in [1.54, 1.807) is 23.5 Å². The Morgan fingerprint density at radius 3 is 2.58 bits per heavy atom. The second-order valence-corrected chi connectivity index (χ2v) is 9.14. The summed E-state index contributed by atoms with van der Waals surface area (Å²) in [7, 11) is 0. The molecule has 0 amide bonds. The average Bonchev–Trinajstić information content (AvgIpc) is 3.56. The van der Waals surface area contributed by atoms with Crippen molar-refractivity contribution in [1.29, 1.82) is 0 Å². The van der Waals surface area contributed by atoms with Crippen molar-refractivity contribution < 1.29 is 19.2 Å². The summed E-state index contributed by atoms with van der Waals surface area (Å²) in [6.45, 7) is 5.56. The smallest absolute Gasteiger partial charge is 0.338 e. The number of ketones is 1. The number of benzene rings is 1. The molecule has 1 aromatic carbocycles. The first-order valence-electron chi connectivity index (χ1n) is 10.8. The third kappa shape index (κ3) is 4.83. The van der Waals surface area contributed by atoms with Gasteiger partial charge in [0.2, 0.25) is 5.78 Å². The largest absolute Gasteiger partial charge is 0.454 e. The molecule has 0 saturated carbocycles. The number of aryl methyl sites for hydroxylation is 1. The minimum Gasteiger partial charge on any atom is -0.454 e. The van der Waals surface area contributed by atoms with Gasteiger partial charge < -0.3 is 14.2 Å². The van der Waals surface area contributed by atoms with Crippen LogP contribution in [-0.4, -0.2) is 40.9 Å². The fraction of sp³-hybridized carbons (Fsp3) is 0.333. The lowest BCUT2D eigenvalue weighted by atomic mass is 10.1. The van der Waals surface area contributed by atoms with E-state index >= 15 is 0 Å². The summed E-state index contributed by atoms with van der Waals surface area (Å²) in [5, 5.41) is 13.6. The van der Waals surface area contributed by atoms with Crippen LogP contribution in [0.5, 0.6) is 0 Å². The Hall–Kier alpha value is -3.46. The number of nitro groups is 1. The van der Waals surface area contributed by atoms with Crippen LogP contribution < -0.4 is 4.90 Å². The number of anilines is 1. The molecule has 0 unspecified atom stereocenters. The van der Waals surface area contributed by atoms with Gasteiger partial charge in [0, 0.05) is 41.0 Å². The fourth-order valence-electron chi connectivity index (χ4n) is 4.20. The zero-order valence-electron chi connectivity index (χ0n) is 18.6. The molecule has 0 atom stereocenters. The molecule has 1 fully saturated rings. The van der Waals surface area contributed by atoms with Crippen LogP contribution in [0.3, 0.4) is 0 Å². The standard InChI is InChI=1S/C24H25N3O5S/c1-16-12-20(17(2)26(16)14-19-6-5-11-33-19)23(28)15-32-24(29)18-7-8-21(22(13-18)27(30)31)25-9-3-4-10-25/h5-8,11-13H,3-4,9-10,14-15H2,1-2H3. The van der Waals surface area contributed by atoms with Crippen molar-refractivity contribution in [1.82, 2.24) is 4.57 Å². The maximum absolute atomic E-state index is 12.8. The topological polar surface area (TPSA) is 94.7 Å². The first-order chi connectivity index (χ1) is 15.8. The van der Waals surface area contributed by atoms with E-state index in [4.69, 9.17) is 4.74 Å². The Morgan fingerprint density at radius 1 is 1.15 bits per heavy atom. The minimum atomic E-state index is -0.758. The van der Waals surface area contributed by atoms with E-state index in [9.17, 15) is 19.7 Å². The number of aromatic nitrogens is 1. The molecule has 0 bridgehead atoms. The minimum absolute atomic E-state index is 0.0561. The number of esters is 1. The molecular formula is C24H25N3O5S. The summed E-state index contributed by atoms with van der Waals surface area (Å²) >= 11 is 1.65. The number of Topliss-reactive ketones (excluding diaryl/α,β-unsaturated/α-hetero) is 1. The van der Waals surface area contributed by atoms with Gasteiger partial charge in [-0.2, -0.15) is 0 Å². The zero-order chi connectivity index (χ0) is 23.5. The summed E-state index contributed by atoms with van der Waals surface area (Å²) in [5.74, 6) is -1.07. The number of carbonyl (C=O) groups is 2. The first kappa shape index (κ1) is 22.7. The van der Waals surface area contributed by atoms with Crippen LogP contribution in [0.4, 0.5) is 11.4 Å². The third-order valence-electron chi connectivity index (χ3n) is 5.96. The maximum Gasteiger partial charge on any atom is 0.338 e. The van der Waals surface area contributed by atoms with Gasteiger partial charge >= 0.3 is 5.97 Å². The van der Waals surface area contributed by atoms with Crippen LogP contribution in [0, 0.1) is 24.0 Å². The van der Waals surface area contributed by atoms with Crippen LogP contribution >= 0.6 is 11.3 Å². The predicted molar refractivity (Wildman–Crippen MR) is 126 cm³/mol. The van der Waals surface area contributed by atoms with Crippen LogP contribution in [0.1, 0.15) is 49.8 Å². The van der Waals surface area contributed by atoms with Gasteiger partial charge in [-0.3, -0.25) is 14.9 Å². The Balaban J connectivity index is 1.45. The number of ether oxygens (including phenoxy) is 1. The van der Waals surface area contributed by atoms with Gasteiger partial charge in [-0.15, -0.1) is 11.3 Å². The van der Waals surface area contributed by atoms with Crippen LogP contribution in [0.25, 0.3) is 0 Å². The van der Waals surface area contributed by atoms with Crippen LogP contribution in [0.2, 0.25) is 0 Å². The Morgan fingerprint density at radius 2 is 1.91 bits per heavy atom. The van der Waals surface area contributed by atoms with Crippen molar-refractivity contribution >= 4 is 34.5 Å². The van der Waals surface area contributed by atoms with Gasteiger partial charge in [-0.25, -0.2) is 4.79 Å². The van der Waals surface area contributed by atoms with Crippen LogP contribution in [-0.2, 0) is 11.3 Å². The summed E-state index contributed by atoms with van der Waals surface area (Å²) in [6, 6.07) is 10.2. The lowest BCUT2D eigenvalue weighted by molar-refractivity contribution is -0.384. The monoisotopic (exact) mass is 467 g/mol. The quantitative estimate of drug-likeness (QED) is 0.205. The molecule has 0 N–H and O–H groups in total. The van der Waals surface area contributed by atoms with Gasteiger partial charge in [-0.1, -0.05) is 6.07 Å².